The highest BCUT2D eigenvalue weighted by Gasteiger charge is 2.18. The first kappa shape index (κ1) is 14.1. The van der Waals surface area contributed by atoms with Gasteiger partial charge in [0.25, 0.3) is 0 Å². The summed E-state index contributed by atoms with van der Waals surface area (Å²) in [5.74, 6) is -0.295. The quantitative estimate of drug-likeness (QED) is 0.780. The normalized spacial score (nSPS) is 12.7. The van der Waals surface area contributed by atoms with E-state index in [4.69, 9.17) is 4.74 Å². The van der Waals surface area contributed by atoms with E-state index < -0.39 is 0 Å². The van der Waals surface area contributed by atoms with Gasteiger partial charge in [0, 0.05) is 22.1 Å². The molecule has 1 aromatic heterocycles. The number of halogens is 1. The van der Waals surface area contributed by atoms with Crippen molar-refractivity contribution >= 4 is 32.8 Å². The molecule has 0 aliphatic carbocycles. The summed E-state index contributed by atoms with van der Waals surface area (Å²) in [6, 6.07) is 4.28. The van der Waals surface area contributed by atoms with Crippen LogP contribution in [-0.2, 0) is 4.74 Å². The molecule has 0 N–H and O–H groups in total. The topological polar surface area (TPSA) is 31.2 Å². The second kappa shape index (κ2) is 5.37. The Kier molecular flexibility index (Phi) is 3.99. The minimum atomic E-state index is -0.295. The summed E-state index contributed by atoms with van der Waals surface area (Å²) >= 11 is 3.47. The fourth-order valence-corrected chi connectivity index (χ4v) is 2.83. The Hall–Kier alpha value is -1.29. The van der Waals surface area contributed by atoms with E-state index in [9.17, 15) is 4.79 Å². The lowest BCUT2D eigenvalue weighted by Gasteiger charge is -2.13. The van der Waals surface area contributed by atoms with Gasteiger partial charge in [-0.05, 0) is 38.0 Å². The number of nitrogens with zero attached hydrogens (tertiary/aromatic N) is 1. The predicted octanol–water partition coefficient (Wildman–Crippen LogP) is 4.47. The number of methoxy groups -OCH3 is 1. The number of carbonyl (C=O) groups excluding carboxylic acids is 1. The summed E-state index contributed by atoms with van der Waals surface area (Å²) in [5, 5.41) is 0.982. The van der Waals surface area contributed by atoms with Gasteiger partial charge in [-0.1, -0.05) is 22.9 Å². The molecule has 1 unspecified atom stereocenters. The molecule has 1 atom stereocenters. The molecular formula is C15H18BrNO2. The summed E-state index contributed by atoms with van der Waals surface area (Å²) < 4.78 is 8.00. The van der Waals surface area contributed by atoms with Crippen LogP contribution in [-0.4, -0.2) is 17.6 Å². The lowest BCUT2D eigenvalue weighted by molar-refractivity contribution is 0.0603. The maximum Gasteiger partial charge on any atom is 0.338 e. The largest absolute Gasteiger partial charge is 0.465 e. The zero-order valence-electron chi connectivity index (χ0n) is 11.7. The number of ether oxygens (including phenoxy) is 1. The standard InChI is InChI=1S/C15H18BrNO2/c1-5-10(3)17-8-9(2)14-12(15(18)19-4)6-11(16)7-13(14)17/h6-8,10H,5H2,1-4H3. The van der Waals surface area contributed by atoms with Crippen LogP contribution in [0.3, 0.4) is 0 Å². The number of rotatable bonds is 3. The van der Waals surface area contributed by atoms with Crippen LogP contribution >= 0.6 is 15.9 Å². The van der Waals surface area contributed by atoms with Crippen LogP contribution in [0.2, 0.25) is 0 Å². The molecule has 0 amide bonds. The highest BCUT2D eigenvalue weighted by Crippen LogP contribution is 2.31. The number of carbonyl (C=O) groups is 1. The van der Waals surface area contributed by atoms with Crippen molar-refractivity contribution in [1.82, 2.24) is 4.57 Å². The van der Waals surface area contributed by atoms with Gasteiger partial charge in [0.05, 0.1) is 18.2 Å². The van der Waals surface area contributed by atoms with Crippen molar-refractivity contribution in [3.8, 4) is 0 Å². The molecule has 1 heterocycles. The number of hydrogen-bond acceptors (Lipinski definition) is 2. The van der Waals surface area contributed by atoms with Crippen LogP contribution in [0.15, 0.2) is 22.8 Å². The lowest BCUT2D eigenvalue weighted by atomic mass is 10.1. The van der Waals surface area contributed by atoms with Gasteiger partial charge in [0.15, 0.2) is 0 Å². The first-order valence-electron chi connectivity index (χ1n) is 6.38. The molecule has 19 heavy (non-hydrogen) atoms. The van der Waals surface area contributed by atoms with Gasteiger partial charge in [-0.25, -0.2) is 4.79 Å². The number of aromatic nitrogens is 1. The van der Waals surface area contributed by atoms with Gasteiger partial charge < -0.3 is 9.30 Å². The predicted molar refractivity (Wildman–Crippen MR) is 80.7 cm³/mol. The van der Waals surface area contributed by atoms with Gasteiger partial charge in [0.2, 0.25) is 0 Å². The van der Waals surface area contributed by atoms with Gasteiger partial charge in [0.1, 0.15) is 0 Å². The van der Waals surface area contributed by atoms with Crippen LogP contribution in [0.5, 0.6) is 0 Å². The second-order valence-electron chi connectivity index (χ2n) is 4.82. The van der Waals surface area contributed by atoms with Crippen molar-refractivity contribution in [2.75, 3.05) is 7.11 Å². The van der Waals surface area contributed by atoms with Gasteiger partial charge in [-0.2, -0.15) is 0 Å². The first-order valence-corrected chi connectivity index (χ1v) is 7.17. The molecule has 0 saturated carbocycles. The van der Waals surface area contributed by atoms with Crippen molar-refractivity contribution in [2.24, 2.45) is 0 Å². The average molecular weight is 324 g/mol. The summed E-state index contributed by atoms with van der Waals surface area (Å²) in [7, 11) is 1.41. The Morgan fingerprint density at radius 3 is 2.74 bits per heavy atom. The summed E-state index contributed by atoms with van der Waals surface area (Å²) in [6.07, 6.45) is 3.15. The zero-order chi connectivity index (χ0) is 14.2. The van der Waals surface area contributed by atoms with Crippen LogP contribution in [0.25, 0.3) is 10.9 Å². The Balaban J connectivity index is 2.79. The van der Waals surface area contributed by atoms with E-state index in [0.717, 1.165) is 27.4 Å². The van der Waals surface area contributed by atoms with E-state index >= 15 is 0 Å². The van der Waals surface area contributed by atoms with E-state index in [1.165, 1.54) is 7.11 Å². The zero-order valence-corrected chi connectivity index (χ0v) is 13.2. The molecule has 0 saturated heterocycles. The molecule has 1 aromatic carbocycles. The van der Waals surface area contributed by atoms with Crippen molar-refractivity contribution in [1.29, 1.82) is 0 Å². The van der Waals surface area contributed by atoms with E-state index in [2.05, 4.69) is 46.6 Å². The van der Waals surface area contributed by atoms with Crippen molar-refractivity contribution in [3.63, 3.8) is 0 Å². The Morgan fingerprint density at radius 2 is 2.16 bits per heavy atom. The number of aryl methyl sites for hydroxylation is 1. The molecule has 3 nitrogen and oxygen atoms in total. The van der Waals surface area contributed by atoms with E-state index in [1.807, 2.05) is 13.0 Å². The lowest BCUT2D eigenvalue weighted by Crippen LogP contribution is -2.04. The number of hydrogen-bond donors (Lipinski definition) is 0. The Morgan fingerprint density at radius 1 is 1.47 bits per heavy atom. The maximum atomic E-state index is 11.9. The molecule has 2 aromatic rings. The highest BCUT2D eigenvalue weighted by atomic mass is 79.9. The third-order valence-electron chi connectivity index (χ3n) is 3.56. The average Bonchev–Trinajstić information content (AvgIpc) is 2.73. The fraction of sp³-hybridized carbons (Fsp3) is 0.400. The van der Waals surface area contributed by atoms with Gasteiger partial charge >= 0.3 is 5.97 Å². The van der Waals surface area contributed by atoms with Crippen molar-refractivity contribution in [3.05, 3.63) is 33.9 Å². The van der Waals surface area contributed by atoms with Gasteiger partial charge in [-0.3, -0.25) is 0 Å². The number of fused-ring (bicyclic) bond motifs is 1. The van der Waals surface area contributed by atoms with Crippen LogP contribution < -0.4 is 0 Å². The molecule has 0 aliphatic heterocycles. The van der Waals surface area contributed by atoms with E-state index in [0.29, 0.717) is 11.6 Å². The number of esters is 1. The highest BCUT2D eigenvalue weighted by molar-refractivity contribution is 9.10. The third-order valence-corrected chi connectivity index (χ3v) is 4.02. The molecule has 0 bridgehead atoms. The second-order valence-corrected chi connectivity index (χ2v) is 5.73. The van der Waals surface area contributed by atoms with Crippen molar-refractivity contribution < 1.29 is 9.53 Å². The molecule has 102 valence electrons. The molecule has 4 heteroatoms. The molecule has 2 rings (SSSR count). The third kappa shape index (κ3) is 2.41. The van der Waals surface area contributed by atoms with Crippen LogP contribution in [0.4, 0.5) is 0 Å². The van der Waals surface area contributed by atoms with Gasteiger partial charge in [-0.15, -0.1) is 0 Å². The smallest absolute Gasteiger partial charge is 0.338 e. The summed E-state index contributed by atoms with van der Waals surface area (Å²) in [6.45, 7) is 6.37. The molecule has 0 aliphatic rings. The monoisotopic (exact) mass is 323 g/mol. The molecular weight excluding hydrogens is 306 g/mol. The fourth-order valence-electron chi connectivity index (χ4n) is 2.39. The van der Waals surface area contributed by atoms with Crippen molar-refractivity contribution in [2.45, 2.75) is 33.2 Å². The molecule has 0 spiro atoms. The van der Waals surface area contributed by atoms with E-state index in [-0.39, 0.29) is 5.97 Å². The number of benzene rings is 1. The SMILES string of the molecule is CCC(C)n1cc(C)c2c(C(=O)OC)cc(Br)cc21. The van der Waals surface area contributed by atoms with E-state index in [1.54, 1.807) is 0 Å². The summed E-state index contributed by atoms with van der Waals surface area (Å²) in [4.78, 5) is 11.9. The minimum absolute atomic E-state index is 0.295. The first-order chi connectivity index (χ1) is 8.99. The minimum Gasteiger partial charge on any atom is -0.465 e. The molecule has 0 fully saturated rings. The Labute approximate surface area is 121 Å². The van der Waals surface area contributed by atoms with Crippen LogP contribution in [0, 0.1) is 6.92 Å². The summed E-state index contributed by atoms with van der Waals surface area (Å²) in [5.41, 5.74) is 2.79. The molecule has 0 radical (unpaired) electrons. The maximum absolute atomic E-state index is 11.9. The van der Waals surface area contributed by atoms with Crippen LogP contribution in [0.1, 0.15) is 42.2 Å². The Bertz CT molecular complexity index is 631.